The molecule has 2 N–H and O–H groups in total. The molecule has 3 aromatic rings. The number of rotatable bonds is 1. The number of aromatic amines is 1. The second-order valence-electron chi connectivity index (χ2n) is 4.42. The van der Waals surface area contributed by atoms with Crippen molar-refractivity contribution >= 4 is 21.8 Å². The molecule has 0 saturated carbocycles. The standard InChI is InChI=1S/C14H14N2O/c1-8-14-12(5-6-15-8)11-4-3-10(9(2)17)7-13(11)16-14/h3-7,9,16-17H,1-2H3. The summed E-state index contributed by atoms with van der Waals surface area (Å²) in [6.07, 6.45) is 1.39. The van der Waals surface area contributed by atoms with Crippen LogP contribution in [0.4, 0.5) is 0 Å². The number of aryl methyl sites for hydroxylation is 1. The van der Waals surface area contributed by atoms with Gasteiger partial charge in [-0.2, -0.15) is 0 Å². The van der Waals surface area contributed by atoms with Crippen LogP contribution in [0.15, 0.2) is 30.5 Å². The minimum absolute atomic E-state index is 0.440. The number of aliphatic hydroxyl groups is 1. The highest BCUT2D eigenvalue weighted by Crippen LogP contribution is 2.28. The van der Waals surface area contributed by atoms with Gasteiger partial charge in [0.25, 0.3) is 0 Å². The Bertz CT molecular complexity index is 698. The van der Waals surface area contributed by atoms with E-state index in [1.807, 2.05) is 31.3 Å². The van der Waals surface area contributed by atoms with Gasteiger partial charge in [-0.05, 0) is 31.5 Å². The number of fused-ring (bicyclic) bond motifs is 3. The Morgan fingerprint density at radius 3 is 2.82 bits per heavy atom. The van der Waals surface area contributed by atoms with Gasteiger partial charge in [0, 0.05) is 22.5 Å². The minimum Gasteiger partial charge on any atom is -0.389 e. The average Bonchev–Trinajstić information content (AvgIpc) is 2.68. The van der Waals surface area contributed by atoms with Crippen molar-refractivity contribution in [2.45, 2.75) is 20.0 Å². The summed E-state index contributed by atoms with van der Waals surface area (Å²) in [5, 5.41) is 11.9. The molecule has 86 valence electrons. The molecule has 0 bridgehead atoms. The second-order valence-corrected chi connectivity index (χ2v) is 4.42. The lowest BCUT2D eigenvalue weighted by molar-refractivity contribution is 0.199. The van der Waals surface area contributed by atoms with E-state index in [1.165, 1.54) is 10.8 Å². The first kappa shape index (κ1) is 10.3. The van der Waals surface area contributed by atoms with Gasteiger partial charge in [-0.15, -0.1) is 0 Å². The van der Waals surface area contributed by atoms with Crippen molar-refractivity contribution in [2.24, 2.45) is 0 Å². The molecule has 1 atom stereocenters. The van der Waals surface area contributed by atoms with E-state index < -0.39 is 6.10 Å². The van der Waals surface area contributed by atoms with Gasteiger partial charge < -0.3 is 10.1 Å². The maximum atomic E-state index is 9.59. The molecule has 0 amide bonds. The Labute approximate surface area is 99.1 Å². The van der Waals surface area contributed by atoms with Gasteiger partial charge in [-0.1, -0.05) is 12.1 Å². The molecule has 0 aliphatic carbocycles. The highest BCUT2D eigenvalue weighted by Gasteiger charge is 2.08. The van der Waals surface area contributed by atoms with Crippen LogP contribution in [0.1, 0.15) is 24.3 Å². The molecule has 0 saturated heterocycles. The number of nitrogens with one attached hydrogen (secondary N) is 1. The molecule has 0 fully saturated rings. The fourth-order valence-corrected chi connectivity index (χ4v) is 2.24. The van der Waals surface area contributed by atoms with Crippen LogP contribution in [0, 0.1) is 6.92 Å². The van der Waals surface area contributed by atoms with Crippen LogP contribution in [0.3, 0.4) is 0 Å². The molecule has 2 aromatic heterocycles. The van der Waals surface area contributed by atoms with Gasteiger partial charge in [-0.25, -0.2) is 0 Å². The molecule has 0 spiro atoms. The van der Waals surface area contributed by atoms with Gasteiger partial charge in [0.05, 0.1) is 17.3 Å². The molecule has 3 heteroatoms. The molecule has 1 unspecified atom stereocenters. The van der Waals surface area contributed by atoms with Crippen LogP contribution in [0.25, 0.3) is 21.8 Å². The van der Waals surface area contributed by atoms with Crippen LogP contribution in [-0.2, 0) is 0 Å². The number of aromatic nitrogens is 2. The summed E-state index contributed by atoms with van der Waals surface area (Å²) in [6.45, 7) is 3.77. The summed E-state index contributed by atoms with van der Waals surface area (Å²) in [5.41, 5.74) is 4.05. The number of nitrogens with zero attached hydrogens (tertiary/aromatic N) is 1. The lowest BCUT2D eigenvalue weighted by Gasteiger charge is -2.03. The molecule has 0 aliphatic heterocycles. The number of benzene rings is 1. The Hall–Kier alpha value is -1.87. The summed E-state index contributed by atoms with van der Waals surface area (Å²) < 4.78 is 0. The van der Waals surface area contributed by atoms with Gasteiger partial charge in [0.1, 0.15) is 0 Å². The summed E-state index contributed by atoms with van der Waals surface area (Å²) in [4.78, 5) is 7.65. The van der Waals surface area contributed by atoms with E-state index in [0.717, 1.165) is 22.3 Å². The summed E-state index contributed by atoms with van der Waals surface area (Å²) >= 11 is 0. The van der Waals surface area contributed by atoms with E-state index in [0.29, 0.717) is 0 Å². The van der Waals surface area contributed by atoms with E-state index in [-0.39, 0.29) is 0 Å². The van der Waals surface area contributed by atoms with E-state index >= 15 is 0 Å². The quantitative estimate of drug-likeness (QED) is 0.670. The van der Waals surface area contributed by atoms with E-state index in [1.54, 1.807) is 6.92 Å². The fourth-order valence-electron chi connectivity index (χ4n) is 2.24. The van der Waals surface area contributed by atoms with Crippen LogP contribution >= 0.6 is 0 Å². The van der Waals surface area contributed by atoms with Crippen molar-refractivity contribution in [3.05, 3.63) is 41.7 Å². The van der Waals surface area contributed by atoms with Crippen LogP contribution < -0.4 is 0 Å². The maximum Gasteiger partial charge on any atom is 0.0762 e. The number of hydrogen-bond acceptors (Lipinski definition) is 2. The molecule has 0 aliphatic rings. The van der Waals surface area contributed by atoms with Crippen molar-refractivity contribution in [3.63, 3.8) is 0 Å². The zero-order valence-electron chi connectivity index (χ0n) is 9.86. The topological polar surface area (TPSA) is 48.9 Å². The molecule has 3 nitrogen and oxygen atoms in total. The third-order valence-corrected chi connectivity index (χ3v) is 3.22. The molecule has 3 rings (SSSR count). The minimum atomic E-state index is -0.440. The van der Waals surface area contributed by atoms with E-state index in [2.05, 4.69) is 16.0 Å². The highest BCUT2D eigenvalue weighted by atomic mass is 16.3. The Kier molecular flexibility index (Phi) is 2.16. The lowest BCUT2D eigenvalue weighted by atomic mass is 10.1. The van der Waals surface area contributed by atoms with Crippen LogP contribution in [-0.4, -0.2) is 15.1 Å². The fraction of sp³-hybridized carbons (Fsp3) is 0.214. The van der Waals surface area contributed by atoms with Gasteiger partial charge in [0.15, 0.2) is 0 Å². The summed E-state index contributed by atoms with van der Waals surface area (Å²) in [7, 11) is 0. The monoisotopic (exact) mass is 226 g/mol. The maximum absolute atomic E-state index is 9.59. The van der Waals surface area contributed by atoms with Crippen LogP contribution in [0.5, 0.6) is 0 Å². The first-order valence-electron chi connectivity index (χ1n) is 5.72. The van der Waals surface area contributed by atoms with Crippen molar-refractivity contribution in [2.75, 3.05) is 0 Å². The van der Waals surface area contributed by atoms with E-state index in [4.69, 9.17) is 0 Å². The first-order valence-corrected chi connectivity index (χ1v) is 5.72. The third kappa shape index (κ3) is 1.51. The SMILES string of the molecule is Cc1nccc2c1[nH]c1cc(C(C)O)ccc12. The Balaban J connectivity index is 2.39. The molecular formula is C14H14N2O. The number of aliphatic hydroxyl groups excluding tert-OH is 1. The normalized spacial score (nSPS) is 13.4. The molecular weight excluding hydrogens is 212 g/mol. The predicted octanol–water partition coefficient (Wildman–Crippen LogP) is 3.08. The summed E-state index contributed by atoms with van der Waals surface area (Å²) in [6, 6.07) is 8.04. The number of pyridine rings is 1. The zero-order chi connectivity index (χ0) is 12.0. The Morgan fingerprint density at radius 2 is 2.06 bits per heavy atom. The molecule has 17 heavy (non-hydrogen) atoms. The van der Waals surface area contributed by atoms with Gasteiger partial charge in [-0.3, -0.25) is 4.98 Å². The van der Waals surface area contributed by atoms with Crippen molar-refractivity contribution in [1.82, 2.24) is 9.97 Å². The molecule has 2 heterocycles. The van der Waals surface area contributed by atoms with Gasteiger partial charge >= 0.3 is 0 Å². The first-order chi connectivity index (χ1) is 8.16. The average molecular weight is 226 g/mol. The van der Waals surface area contributed by atoms with Crippen LogP contribution in [0.2, 0.25) is 0 Å². The third-order valence-electron chi connectivity index (χ3n) is 3.22. The lowest BCUT2D eigenvalue weighted by Crippen LogP contribution is -1.89. The smallest absolute Gasteiger partial charge is 0.0762 e. The van der Waals surface area contributed by atoms with Gasteiger partial charge in [0.2, 0.25) is 0 Å². The number of H-pyrrole nitrogens is 1. The largest absolute Gasteiger partial charge is 0.389 e. The highest BCUT2D eigenvalue weighted by molar-refractivity contribution is 6.07. The second kappa shape index (κ2) is 3.57. The van der Waals surface area contributed by atoms with Crippen molar-refractivity contribution < 1.29 is 5.11 Å². The molecule has 1 aromatic carbocycles. The predicted molar refractivity (Wildman–Crippen MR) is 69.0 cm³/mol. The molecule has 0 radical (unpaired) electrons. The Morgan fingerprint density at radius 1 is 1.24 bits per heavy atom. The van der Waals surface area contributed by atoms with E-state index in [9.17, 15) is 5.11 Å². The van der Waals surface area contributed by atoms with Crippen molar-refractivity contribution in [1.29, 1.82) is 0 Å². The van der Waals surface area contributed by atoms with Crippen molar-refractivity contribution in [3.8, 4) is 0 Å². The zero-order valence-corrected chi connectivity index (χ0v) is 9.86. The summed E-state index contributed by atoms with van der Waals surface area (Å²) in [5.74, 6) is 0. The number of hydrogen-bond donors (Lipinski definition) is 2.